The fraction of sp³-hybridized carbons (Fsp3) is 0.667. The van der Waals surface area contributed by atoms with Crippen LogP contribution in [0.25, 0.3) is 0 Å². The molecule has 0 amide bonds. The molecule has 1 N–H and O–H groups in total. The van der Waals surface area contributed by atoms with Gasteiger partial charge in [-0.25, -0.2) is 0 Å². The van der Waals surface area contributed by atoms with Gasteiger partial charge in [0, 0.05) is 30.3 Å². The predicted molar refractivity (Wildman–Crippen MR) is 93.2 cm³/mol. The Balaban J connectivity index is 2.05. The molecule has 0 aliphatic carbocycles. The number of rotatable bonds is 7. The molecule has 0 saturated carbocycles. The van der Waals surface area contributed by atoms with Crippen molar-refractivity contribution in [2.75, 3.05) is 24.5 Å². The topological polar surface area (TPSA) is 15.3 Å². The summed E-state index contributed by atoms with van der Waals surface area (Å²) < 4.78 is 0. The Bertz CT molecular complexity index is 445. The second-order valence-corrected chi connectivity index (χ2v) is 7.12. The van der Waals surface area contributed by atoms with Gasteiger partial charge in [-0.2, -0.15) is 0 Å². The van der Waals surface area contributed by atoms with E-state index in [0.29, 0.717) is 5.92 Å². The summed E-state index contributed by atoms with van der Waals surface area (Å²) in [4.78, 5) is 2.53. The summed E-state index contributed by atoms with van der Waals surface area (Å²) in [6.45, 7) is 11.1. The lowest BCUT2D eigenvalue weighted by molar-refractivity contribution is 0.529. The van der Waals surface area contributed by atoms with Crippen LogP contribution in [-0.2, 0) is 6.54 Å². The molecular formula is C18H29ClN2. The standard InChI is InChI=1S/C18H29ClN2/c1-4-5-15-8-9-21(13-15)18-10-17(19)7-6-16(18)12-20-11-14(2)3/h6-7,10,14-15,20H,4-5,8-9,11-13H2,1-3H3. The van der Waals surface area contributed by atoms with E-state index in [2.05, 4.69) is 43.1 Å². The van der Waals surface area contributed by atoms with Crippen molar-refractivity contribution in [3.05, 3.63) is 28.8 Å². The van der Waals surface area contributed by atoms with E-state index in [-0.39, 0.29) is 0 Å². The quantitative estimate of drug-likeness (QED) is 0.784. The molecule has 1 saturated heterocycles. The highest BCUT2D eigenvalue weighted by Gasteiger charge is 2.23. The predicted octanol–water partition coefficient (Wildman–Crippen LogP) is 4.71. The maximum absolute atomic E-state index is 6.23. The first-order chi connectivity index (χ1) is 10.1. The Kier molecular flexibility index (Phi) is 6.38. The minimum atomic E-state index is 0.682. The Morgan fingerprint density at radius 1 is 1.38 bits per heavy atom. The molecule has 1 aliphatic heterocycles. The smallest absolute Gasteiger partial charge is 0.0426 e. The van der Waals surface area contributed by atoms with Crippen LogP contribution < -0.4 is 10.2 Å². The van der Waals surface area contributed by atoms with Gasteiger partial charge in [-0.05, 0) is 48.9 Å². The number of nitrogens with one attached hydrogen (secondary N) is 1. The summed E-state index contributed by atoms with van der Waals surface area (Å²) in [6, 6.07) is 6.33. The molecule has 1 aromatic rings. The summed E-state index contributed by atoms with van der Waals surface area (Å²) in [7, 11) is 0. The number of hydrogen-bond acceptors (Lipinski definition) is 2. The summed E-state index contributed by atoms with van der Waals surface area (Å²) in [5, 5.41) is 4.40. The van der Waals surface area contributed by atoms with E-state index in [1.165, 1.54) is 43.6 Å². The molecule has 1 unspecified atom stereocenters. The van der Waals surface area contributed by atoms with Crippen LogP contribution in [-0.4, -0.2) is 19.6 Å². The summed E-state index contributed by atoms with van der Waals surface area (Å²) >= 11 is 6.23. The highest BCUT2D eigenvalue weighted by atomic mass is 35.5. The van der Waals surface area contributed by atoms with Gasteiger partial charge in [0.1, 0.15) is 0 Å². The Labute approximate surface area is 134 Å². The second kappa shape index (κ2) is 8.05. The molecule has 0 aromatic heterocycles. The third-order valence-electron chi connectivity index (χ3n) is 4.24. The highest BCUT2D eigenvalue weighted by Crippen LogP contribution is 2.31. The van der Waals surface area contributed by atoms with E-state index < -0.39 is 0 Å². The van der Waals surface area contributed by atoms with E-state index >= 15 is 0 Å². The van der Waals surface area contributed by atoms with Gasteiger partial charge in [0.05, 0.1) is 0 Å². The van der Waals surface area contributed by atoms with Gasteiger partial charge in [-0.3, -0.25) is 0 Å². The van der Waals surface area contributed by atoms with Crippen molar-refractivity contribution >= 4 is 17.3 Å². The fourth-order valence-corrected chi connectivity index (χ4v) is 3.34. The van der Waals surface area contributed by atoms with E-state index in [4.69, 9.17) is 11.6 Å². The zero-order chi connectivity index (χ0) is 15.2. The summed E-state index contributed by atoms with van der Waals surface area (Å²) in [5.41, 5.74) is 2.70. The lowest BCUT2D eigenvalue weighted by atomic mass is 10.0. The maximum atomic E-state index is 6.23. The van der Waals surface area contributed by atoms with Crippen molar-refractivity contribution in [3.8, 4) is 0 Å². The SMILES string of the molecule is CCCC1CCN(c2cc(Cl)ccc2CNCC(C)C)C1. The van der Waals surface area contributed by atoms with Crippen molar-refractivity contribution in [2.24, 2.45) is 11.8 Å². The van der Waals surface area contributed by atoms with Crippen molar-refractivity contribution in [1.82, 2.24) is 5.32 Å². The highest BCUT2D eigenvalue weighted by molar-refractivity contribution is 6.30. The maximum Gasteiger partial charge on any atom is 0.0426 e. The molecule has 0 bridgehead atoms. The first-order valence-corrected chi connectivity index (χ1v) is 8.72. The van der Waals surface area contributed by atoms with Crippen LogP contribution in [0, 0.1) is 11.8 Å². The van der Waals surface area contributed by atoms with Crippen molar-refractivity contribution in [3.63, 3.8) is 0 Å². The average Bonchev–Trinajstić information content (AvgIpc) is 2.89. The zero-order valence-electron chi connectivity index (χ0n) is 13.7. The first kappa shape index (κ1) is 16.6. The molecule has 118 valence electrons. The number of halogens is 1. The molecule has 0 spiro atoms. The molecule has 1 fully saturated rings. The van der Waals surface area contributed by atoms with Gasteiger partial charge in [0.2, 0.25) is 0 Å². The van der Waals surface area contributed by atoms with Crippen molar-refractivity contribution < 1.29 is 0 Å². The largest absolute Gasteiger partial charge is 0.371 e. The van der Waals surface area contributed by atoms with Gasteiger partial charge in [-0.1, -0.05) is 44.9 Å². The lowest BCUT2D eigenvalue weighted by Gasteiger charge is -2.23. The van der Waals surface area contributed by atoms with Crippen LogP contribution in [0.15, 0.2) is 18.2 Å². The van der Waals surface area contributed by atoms with E-state index in [1.807, 2.05) is 6.07 Å². The minimum absolute atomic E-state index is 0.682. The third kappa shape index (κ3) is 4.89. The average molecular weight is 309 g/mol. The van der Waals surface area contributed by atoms with E-state index in [0.717, 1.165) is 24.0 Å². The van der Waals surface area contributed by atoms with Crippen LogP contribution in [0.4, 0.5) is 5.69 Å². The fourth-order valence-electron chi connectivity index (χ4n) is 3.17. The van der Waals surface area contributed by atoms with Gasteiger partial charge in [0.25, 0.3) is 0 Å². The number of anilines is 1. The van der Waals surface area contributed by atoms with Crippen LogP contribution in [0.1, 0.15) is 45.6 Å². The Morgan fingerprint density at radius 3 is 2.90 bits per heavy atom. The van der Waals surface area contributed by atoms with Crippen LogP contribution in [0.3, 0.4) is 0 Å². The molecule has 1 aliphatic rings. The number of benzene rings is 1. The molecule has 0 radical (unpaired) electrons. The van der Waals surface area contributed by atoms with Gasteiger partial charge in [0.15, 0.2) is 0 Å². The zero-order valence-corrected chi connectivity index (χ0v) is 14.4. The molecule has 3 heteroatoms. The van der Waals surface area contributed by atoms with Gasteiger partial charge < -0.3 is 10.2 Å². The molecular weight excluding hydrogens is 280 g/mol. The molecule has 1 heterocycles. The Morgan fingerprint density at radius 2 is 2.19 bits per heavy atom. The minimum Gasteiger partial charge on any atom is -0.371 e. The van der Waals surface area contributed by atoms with Crippen LogP contribution in [0.5, 0.6) is 0 Å². The van der Waals surface area contributed by atoms with E-state index in [1.54, 1.807) is 0 Å². The Hall–Kier alpha value is -0.730. The van der Waals surface area contributed by atoms with Crippen LogP contribution in [0.2, 0.25) is 5.02 Å². The molecule has 2 nitrogen and oxygen atoms in total. The molecule has 1 atom stereocenters. The van der Waals surface area contributed by atoms with E-state index in [9.17, 15) is 0 Å². The lowest BCUT2D eigenvalue weighted by Crippen LogP contribution is -2.24. The molecule has 21 heavy (non-hydrogen) atoms. The van der Waals surface area contributed by atoms with Gasteiger partial charge >= 0.3 is 0 Å². The van der Waals surface area contributed by atoms with Crippen molar-refractivity contribution in [1.29, 1.82) is 0 Å². The summed E-state index contributed by atoms with van der Waals surface area (Å²) in [5.74, 6) is 1.53. The third-order valence-corrected chi connectivity index (χ3v) is 4.47. The molecule has 2 rings (SSSR count). The first-order valence-electron chi connectivity index (χ1n) is 8.34. The molecule has 1 aromatic carbocycles. The second-order valence-electron chi connectivity index (χ2n) is 6.69. The van der Waals surface area contributed by atoms with Crippen LogP contribution >= 0.6 is 11.6 Å². The number of hydrogen-bond donors (Lipinski definition) is 1. The van der Waals surface area contributed by atoms with Gasteiger partial charge in [-0.15, -0.1) is 0 Å². The van der Waals surface area contributed by atoms with Crippen molar-refractivity contribution in [2.45, 2.75) is 46.6 Å². The normalized spacial score (nSPS) is 18.7. The monoisotopic (exact) mass is 308 g/mol. The number of nitrogens with zero attached hydrogens (tertiary/aromatic N) is 1. The summed E-state index contributed by atoms with van der Waals surface area (Å²) in [6.07, 6.45) is 3.95.